The summed E-state index contributed by atoms with van der Waals surface area (Å²) in [5, 5.41) is 0.498. The number of benzene rings is 1. The van der Waals surface area contributed by atoms with Gasteiger partial charge >= 0.3 is 0 Å². The van der Waals surface area contributed by atoms with Crippen LogP contribution in [-0.4, -0.2) is 14.5 Å². The summed E-state index contributed by atoms with van der Waals surface area (Å²) in [6.45, 7) is 0.102. The Bertz CT molecular complexity index is 584. The molecular formula is C13H18Cl2N2O2S. The fourth-order valence-electron chi connectivity index (χ4n) is 2.47. The first kappa shape index (κ1) is 16.0. The Balaban J connectivity index is 2.29. The quantitative estimate of drug-likeness (QED) is 0.887. The lowest BCUT2D eigenvalue weighted by Gasteiger charge is -2.23. The molecule has 1 aromatic rings. The van der Waals surface area contributed by atoms with E-state index in [4.69, 9.17) is 28.9 Å². The maximum atomic E-state index is 12.4. The zero-order chi connectivity index (χ0) is 14.8. The summed E-state index contributed by atoms with van der Waals surface area (Å²) in [5.41, 5.74) is 6.02. The van der Waals surface area contributed by atoms with Gasteiger partial charge in [-0.25, -0.2) is 13.1 Å². The van der Waals surface area contributed by atoms with Crippen molar-refractivity contribution < 1.29 is 8.42 Å². The molecule has 1 fully saturated rings. The number of nitrogens with two attached hydrogens (primary N) is 1. The van der Waals surface area contributed by atoms with Gasteiger partial charge in [-0.15, -0.1) is 0 Å². The minimum absolute atomic E-state index is 0.0122. The zero-order valence-corrected chi connectivity index (χ0v) is 13.4. The van der Waals surface area contributed by atoms with Gasteiger partial charge in [0.1, 0.15) is 4.90 Å². The number of hydrogen-bond acceptors (Lipinski definition) is 3. The van der Waals surface area contributed by atoms with Crippen molar-refractivity contribution in [3.8, 4) is 0 Å². The number of rotatable bonds is 4. The van der Waals surface area contributed by atoms with Gasteiger partial charge < -0.3 is 5.73 Å². The lowest BCUT2D eigenvalue weighted by Crippen LogP contribution is -2.36. The first-order valence-electron chi connectivity index (χ1n) is 6.65. The van der Waals surface area contributed by atoms with E-state index < -0.39 is 10.0 Å². The molecule has 1 aliphatic rings. The van der Waals surface area contributed by atoms with E-state index >= 15 is 0 Å². The number of sulfonamides is 1. The molecule has 0 aliphatic heterocycles. The standard InChI is InChI=1S/C13H18Cl2N2O2S/c14-11-6-7-12(13(15)10(11)8-16)20(18,19)17-9-4-2-1-3-5-9/h6-7,9,17H,1-5,8,16H2. The molecule has 2 rings (SSSR count). The van der Waals surface area contributed by atoms with Crippen LogP contribution in [0.15, 0.2) is 17.0 Å². The van der Waals surface area contributed by atoms with Crippen molar-refractivity contribution in [1.82, 2.24) is 4.72 Å². The fraction of sp³-hybridized carbons (Fsp3) is 0.538. The highest BCUT2D eigenvalue weighted by Gasteiger charge is 2.25. The number of hydrogen-bond donors (Lipinski definition) is 2. The van der Waals surface area contributed by atoms with E-state index in [-0.39, 0.29) is 22.5 Å². The molecular weight excluding hydrogens is 319 g/mol. The summed E-state index contributed by atoms with van der Waals surface area (Å²) in [6.07, 6.45) is 5.00. The van der Waals surface area contributed by atoms with Crippen LogP contribution in [0, 0.1) is 0 Å². The van der Waals surface area contributed by atoms with Crippen molar-refractivity contribution in [2.45, 2.75) is 49.6 Å². The molecule has 1 aromatic carbocycles. The molecule has 0 radical (unpaired) electrons. The number of halogens is 2. The Morgan fingerprint density at radius 2 is 1.85 bits per heavy atom. The Labute approximate surface area is 129 Å². The molecule has 4 nitrogen and oxygen atoms in total. The third-order valence-corrected chi connectivity index (χ3v) is 6.03. The van der Waals surface area contributed by atoms with Gasteiger partial charge in [0.05, 0.1) is 5.02 Å². The molecule has 0 spiro atoms. The first-order valence-corrected chi connectivity index (χ1v) is 8.89. The van der Waals surface area contributed by atoms with E-state index in [0.717, 1.165) is 32.1 Å². The van der Waals surface area contributed by atoms with Gasteiger partial charge in [0.15, 0.2) is 0 Å². The van der Waals surface area contributed by atoms with E-state index in [0.29, 0.717) is 10.6 Å². The molecule has 0 bridgehead atoms. The van der Waals surface area contributed by atoms with Crippen LogP contribution < -0.4 is 10.5 Å². The van der Waals surface area contributed by atoms with E-state index in [1.807, 2.05) is 0 Å². The third kappa shape index (κ3) is 3.46. The second-order valence-electron chi connectivity index (χ2n) is 5.00. The van der Waals surface area contributed by atoms with Gasteiger partial charge in [0.25, 0.3) is 0 Å². The van der Waals surface area contributed by atoms with E-state index in [2.05, 4.69) is 4.72 Å². The van der Waals surface area contributed by atoms with Crippen LogP contribution in [-0.2, 0) is 16.6 Å². The average Bonchev–Trinajstić information content (AvgIpc) is 2.39. The second kappa shape index (κ2) is 6.62. The van der Waals surface area contributed by atoms with E-state index in [1.165, 1.54) is 12.1 Å². The highest BCUT2D eigenvalue weighted by Crippen LogP contribution is 2.31. The minimum Gasteiger partial charge on any atom is -0.326 e. The van der Waals surface area contributed by atoms with E-state index in [9.17, 15) is 8.42 Å². The van der Waals surface area contributed by atoms with Crippen LogP contribution in [0.3, 0.4) is 0 Å². The van der Waals surface area contributed by atoms with Gasteiger partial charge in [-0.05, 0) is 25.0 Å². The Morgan fingerprint density at radius 3 is 2.45 bits per heavy atom. The van der Waals surface area contributed by atoms with Crippen LogP contribution in [0.1, 0.15) is 37.7 Å². The average molecular weight is 337 g/mol. The van der Waals surface area contributed by atoms with Gasteiger partial charge in [-0.2, -0.15) is 0 Å². The SMILES string of the molecule is NCc1c(Cl)ccc(S(=O)(=O)NC2CCCCC2)c1Cl. The molecule has 0 heterocycles. The van der Waals surface area contributed by atoms with Crippen molar-refractivity contribution in [3.63, 3.8) is 0 Å². The highest BCUT2D eigenvalue weighted by molar-refractivity contribution is 7.89. The first-order chi connectivity index (χ1) is 9.45. The summed E-state index contributed by atoms with van der Waals surface area (Å²) < 4.78 is 27.6. The normalized spacial score (nSPS) is 17.4. The molecule has 112 valence electrons. The molecule has 20 heavy (non-hydrogen) atoms. The van der Waals surface area contributed by atoms with Gasteiger partial charge in [0, 0.05) is 23.2 Å². The van der Waals surface area contributed by atoms with Crippen molar-refractivity contribution in [3.05, 3.63) is 27.7 Å². The molecule has 1 saturated carbocycles. The predicted molar refractivity (Wildman–Crippen MR) is 81.5 cm³/mol. The molecule has 1 aliphatic carbocycles. The molecule has 0 saturated heterocycles. The largest absolute Gasteiger partial charge is 0.326 e. The van der Waals surface area contributed by atoms with Gasteiger partial charge in [0.2, 0.25) is 10.0 Å². The van der Waals surface area contributed by atoms with Crippen LogP contribution in [0.25, 0.3) is 0 Å². The molecule has 3 N–H and O–H groups in total. The van der Waals surface area contributed by atoms with Crippen LogP contribution >= 0.6 is 23.2 Å². The Hall–Kier alpha value is -0.330. The molecule has 7 heteroatoms. The van der Waals surface area contributed by atoms with Crippen molar-refractivity contribution in [2.24, 2.45) is 5.73 Å². The summed E-state index contributed by atoms with van der Waals surface area (Å²) in [5.74, 6) is 0. The smallest absolute Gasteiger partial charge is 0.242 e. The summed E-state index contributed by atoms with van der Waals surface area (Å²) in [4.78, 5) is 0.0505. The van der Waals surface area contributed by atoms with Crippen molar-refractivity contribution in [2.75, 3.05) is 0 Å². The Kier molecular flexibility index (Phi) is 5.31. The van der Waals surface area contributed by atoms with Gasteiger partial charge in [-0.3, -0.25) is 0 Å². The van der Waals surface area contributed by atoms with Crippen LogP contribution in [0.4, 0.5) is 0 Å². The molecule has 0 aromatic heterocycles. The van der Waals surface area contributed by atoms with Gasteiger partial charge in [-0.1, -0.05) is 42.5 Å². The number of nitrogens with one attached hydrogen (secondary N) is 1. The summed E-state index contributed by atoms with van der Waals surface area (Å²) >= 11 is 12.1. The van der Waals surface area contributed by atoms with Crippen LogP contribution in [0.5, 0.6) is 0 Å². The molecule has 0 unspecified atom stereocenters. The lowest BCUT2D eigenvalue weighted by molar-refractivity contribution is 0.412. The predicted octanol–water partition coefficient (Wildman–Crippen LogP) is 3.06. The third-order valence-electron chi connectivity index (χ3n) is 3.57. The minimum atomic E-state index is -3.64. The topological polar surface area (TPSA) is 72.2 Å². The van der Waals surface area contributed by atoms with E-state index in [1.54, 1.807) is 0 Å². The second-order valence-corrected chi connectivity index (χ2v) is 7.47. The molecule has 0 atom stereocenters. The summed E-state index contributed by atoms with van der Waals surface area (Å²) in [7, 11) is -3.64. The fourth-order valence-corrected chi connectivity index (χ4v) is 4.71. The summed E-state index contributed by atoms with van der Waals surface area (Å²) in [6, 6.07) is 2.93. The zero-order valence-electron chi connectivity index (χ0n) is 11.0. The van der Waals surface area contributed by atoms with Crippen molar-refractivity contribution >= 4 is 33.2 Å². The van der Waals surface area contributed by atoms with Crippen molar-refractivity contribution in [1.29, 1.82) is 0 Å². The lowest BCUT2D eigenvalue weighted by atomic mass is 9.96. The maximum absolute atomic E-state index is 12.4. The highest BCUT2D eigenvalue weighted by atomic mass is 35.5. The molecule has 0 amide bonds. The monoisotopic (exact) mass is 336 g/mol. The van der Waals surface area contributed by atoms with Crippen LogP contribution in [0.2, 0.25) is 10.0 Å². The maximum Gasteiger partial charge on any atom is 0.242 e. The Morgan fingerprint density at radius 1 is 1.20 bits per heavy atom.